The lowest BCUT2D eigenvalue weighted by Crippen LogP contribution is -2.18. The van der Waals surface area contributed by atoms with E-state index in [4.69, 9.17) is 0 Å². The molecule has 0 saturated carbocycles. The molecule has 0 radical (unpaired) electrons. The van der Waals surface area contributed by atoms with Crippen molar-refractivity contribution in [2.45, 2.75) is 39.3 Å². The molecule has 0 amide bonds. The summed E-state index contributed by atoms with van der Waals surface area (Å²) >= 11 is 0. The van der Waals surface area contributed by atoms with Gasteiger partial charge in [0, 0.05) is 18.8 Å². The van der Waals surface area contributed by atoms with Gasteiger partial charge in [0.15, 0.2) is 0 Å². The van der Waals surface area contributed by atoms with E-state index in [9.17, 15) is 0 Å². The molecule has 3 heteroatoms. The fourth-order valence-corrected chi connectivity index (χ4v) is 2.31. The number of nitrogens with one attached hydrogen (secondary N) is 1. The van der Waals surface area contributed by atoms with E-state index in [1.165, 1.54) is 11.3 Å². The summed E-state index contributed by atoms with van der Waals surface area (Å²) in [6.45, 7) is 6.38. The minimum absolute atomic E-state index is 0.434. The molecule has 1 aromatic carbocycles. The average molecular weight is 257 g/mol. The maximum atomic E-state index is 4.29. The van der Waals surface area contributed by atoms with Gasteiger partial charge in [0.2, 0.25) is 0 Å². The summed E-state index contributed by atoms with van der Waals surface area (Å²) in [5.41, 5.74) is 2.63. The van der Waals surface area contributed by atoms with Crippen LogP contribution in [0.3, 0.4) is 0 Å². The lowest BCUT2D eigenvalue weighted by molar-refractivity contribution is 0.511. The van der Waals surface area contributed by atoms with Crippen molar-refractivity contribution in [1.82, 2.24) is 14.9 Å². The van der Waals surface area contributed by atoms with E-state index < -0.39 is 0 Å². The molecular weight excluding hydrogens is 234 g/mol. The van der Waals surface area contributed by atoms with Crippen LogP contribution >= 0.6 is 0 Å². The summed E-state index contributed by atoms with van der Waals surface area (Å²) in [7, 11) is 0. The van der Waals surface area contributed by atoms with Crippen molar-refractivity contribution in [3.05, 3.63) is 54.1 Å². The number of imidazole rings is 1. The van der Waals surface area contributed by atoms with Gasteiger partial charge in [-0.2, -0.15) is 0 Å². The fourth-order valence-electron chi connectivity index (χ4n) is 2.31. The van der Waals surface area contributed by atoms with Crippen molar-refractivity contribution in [2.75, 3.05) is 6.54 Å². The highest BCUT2D eigenvalue weighted by atomic mass is 15.1. The molecule has 1 heterocycles. The van der Waals surface area contributed by atoms with Crippen LogP contribution in [0.1, 0.15) is 37.6 Å². The van der Waals surface area contributed by atoms with Gasteiger partial charge in [0.1, 0.15) is 0 Å². The fraction of sp³-hybridized carbons (Fsp3) is 0.438. The summed E-state index contributed by atoms with van der Waals surface area (Å²) in [6, 6.07) is 11.1. The highest BCUT2D eigenvalue weighted by molar-refractivity contribution is 5.16. The molecule has 3 nitrogen and oxygen atoms in total. The van der Waals surface area contributed by atoms with Crippen molar-refractivity contribution >= 4 is 0 Å². The van der Waals surface area contributed by atoms with Crippen molar-refractivity contribution < 1.29 is 0 Å². The molecule has 1 N–H and O–H groups in total. The molecule has 19 heavy (non-hydrogen) atoms. The molecule has 0 aliphatic heterocycles. The van der Waals surface area contributed by atoms with Crippen LogP contribution in [-0.4, -0.2) is 16.1 Å². The van der Waals surface area contributed by atoms with Crippen molar-refractivity contribution in [2.24, 2.45) is 0 Å². The minimum atomic E-state index is 0.434. The van der Waals surface area contributed by atoms with E-state index in [1.807, 2.05) is 12.5 Å². The van der Waals surface area contributed by atoms with Gasteiger partial charge < -0.3 is 9.88 Å². The molecule has 0 bridgehead atoms. The van der Waals surface area contributed by atoms with Crippen LogP contribution in [0.15, 0.2) is 42.9 Å². The third-order valence-electron chi connectivity index (χ3n) is 3.33. The molecular formula is C16H23N3. The molecule has 0 aliphatic carbocycles. The predicted octanol–water partition coefficient (Wildman–Crippen LogP) is 3.19. The third kappa shape index (κ3) is 3.93. The second-order valence-corrected chi connectivity index (χ2v) is 5.01. The Labute approximate surface area is 115 Å². The van der Waals surface area contributed by atoms with Gasteiger partial charge >= 0.3 is 0 Å². The Morgan fingerprint density at radius 1 is 1.26 bits per heavy atom. The molecule has 1 aromatic heterocycles. The summed E-state index contributed by atoms with van der Waals surface area (Å²) in [5, 5.41) is 3.44. The second kappa shape index (κ2) is 7.10. The van der Waals surface area contributed by atoms with Crippen LogP contribution in [0.25, 0.3) is 0 Å². The topological polar surface area (TPSA) is 29.9 Å². The minimum Gasteiger partial charge on any atom is -0.330 e. The Kier molecular flexibility index (Phi) is 5.16. The maximum absolute atomic E-state index is 4.29. The van der Waals surface area contributed by atoms with Gasteiger partial charge in [-0.05, 0) is 31.9 Å². The van der Waals surface area contributed by atoms with Gasteiger partial charge in [-0.3, -0.25) is 0 Å². The zero-order valence-corrected chi connectivity index (χ0v) is 11.8. The van der Waals surface area contributed by atoms with E-state index in [0.29, 0.717) is 6.04 Å². The van der Waals surface area contributed by atoms with Crippen LogP contribution in [0.4, 0.5) is 0 Å². The Hall–Kier alpha value is -1.61. The summed E-state index contributed by atoms with van der Waals surface area (Å²) < 4.78 is 2.27. The maximum Gasteiger partial charge on any atom is 0.0951 e. The van der Waals surface area contributed by atoms with Crippen LogP contribution in [0.5, 0.6) is 0 Å². The monoisotopic (exact) mass is 257 g/mol. The average Bonchev–Trinajstić information content (AvgIpc) is 2.89. The third-order valence-corrected chi connectivity index (χ3v) is 3.33. The quantitative estimate of drug-likeness (QED) is 0.772. The van der Waals surface area contributed by atoms with Gasteiger partial charge in [-0.15, -0.1) is 0 Å². The van der Waals surface area contributed by atoms with Crippen molar-refractivity contribution in [1.29, 1.82) is 0 Å². The lowest BCUT2D eigenvalue weighted by Gasteiger charge is -2.17. The number of nitrogens with zero attached hydrogens (tertiary/aromatic N) is 2. The van der Waals surface area contributed by atoms with E-state index in [1.54, 1.807) is 0 Å². The predicted molar refractivity (Wildman–Crippen MR) is 79.1 cm³/mol. The molecule has 0 aliphatic rings. The van der Waals surface area contributed by atoms with E-state index in [2.05, 4.69) is 59.0 Å². The Bertz CT molecular complexity index is 476. The highest BCUT2D eigenvalue weighted by Gasteiger charge is 2.09. The van der Waals surface area contributed by atoms with Crippen LogP contribution in [0.2, 0.25) is 0 Å². The SMILES string of the molecule is CCCNCc1cncn1C(C)Cc1ccccc1. The number of hydrogen-bond donors (Lipinski definition) is 1. The van der Waals surface area contributed by atoms with Crippen LogP contribution < -0.4 is 5.32 Å². The lowest BCUT2D eigenvalue weighted by atomic mass is 10.1. The first-order valence-electron chi connectivity index (χ1n) is 7.06. The highest BCUT2D eigenvalue weighted by Crippen LogP contribution is 2.16. The normalized spacial score (nSPS) is 12.5. The van der Waals surface area contributed by atoms with Crippen LogP contribution in [-0.2, 0) is 13.0 Å². The molecule has 1 atom stereocenters. The van der Waals surface area contributed by atoms with E-state index in [-0.39, 0.29) is 0 Å². The van der Waals surface area contributed by atoms with Gasteiger partial charge in [0.05, 0.1) is 12.0 Å². The summed E-state index contributed by atoms with van der Waals surface area (Å²) in [6.07, 6.45) is 6.10. The Morgan fingerprint density at radius 3 is 2.79 bits per heavy atom. The first kappa shape index (κ1) is 13.8. The van der Waals surface area contributed by atoms with Crippen molar-refractivity contribution in [3.8, 4) is 0 Å². The van der Waals surface area contributed by atoms with Crippen LogP contribution in [0, 0.1) is 0 Å². The molecule has 0 spiro atoms. The number of aromatic nitrogens is 2. The second-order valence-electron chi connectivity index (χ2n) is 5.01. The molecule has 2 aromatic rings. The molecule has 0 saturated heterocycles. The standard InChI is InChI=1S/C16H23N3/c1-3-9-17-11-16-12-18-13-19(16)14(2)10-15-7-5-4-6-8-15/h4-8,12-14,17H,3,9-11H2,1-2H3. The molecule has 102 valence electrons. The summed E-state index contributed by atoms with van der Waals surface area (Å²) in [5.74, 6) is 0. The van der Waals surface area contributed by atoms with E-state index in [0.717, 1.165) is 25.9 Å². The number of rotatable bonds is 7. The number of benzene rings is 1. The zero-order valence-electron chi connectivity index (χ0n) is 11.8. The first-order valence-corrected chi connectivity index (χ1v) is 7.06. The molecule has 2 rings (SSSR count). The van der Waals surface area contributed by atoms with Crippen molar-refractivity contribution in [3.63, 3.8) is 0 Å². The summed E-state index contributed by atoms with van der Waals surface area (Å²) in [4.78, 5) is 4.29. The van der Waals surface area contributed by atoms with Gasteiger partial charge in [-0.25, -0.2) is 4.98 Å². The van der Waals surface area contributed by atoms with E-state index >= 15 is 0 Å². The van der Waals surface area contributed by atoms with Gasteiger partial charge in [-0.1, -0.05) is 37.3 Å². The van der Waals surface area contributed by atoms with Gasteiger partial charge in [0.25, 0.3) is 0 Å². The largest absolute Gasteiger partial charge is 0.330 e. The first-order chi connectivity index (χ1) is 9.31. The Balaban J connectivity index is 1.99. The Morgan fingerprint density at radius 2 is 2.05 bits per heavy atom. The zero-order chi connectivity index (χ0) is 13.5. The smallest absolute Gasteiger partial charge is 0.0951 e. The molecule has 0 fully saturated rings. The molecule has 1 unspecified atom stereocenters. The number of hydrogen-bond acceptors (Lipinski definition) is 2.